The summed E-state index contributed by atoms with van der Waals surface area (Å²) in [4.78, 5) is 12.8. The van der Waals surface area contributed by atoms with Crippen molar-refractivity contribution in [2.75, 3.05) is 25.6 Å². The highest BCUT2D eigenvalue weighted by Crippen LogP contribution is 2.33. The number of nitrogens with one attached hydrogen (secondary N) is 1. The van der Waals surface area contributed by atoms with Crippen molar-refractivity contribution >= 4 is 11.6 Å². The SMILES string of the molecule is COc1ccc([C@@H]2Cn3nnc(C(=O)Nc4ccc5c(c4)OCCO5)c3CO2)cc1. The zero-order valence-electron chi connectivity index (χ0n) is 16.3. The normalized spacial score (nSPS) is 17.2. The molecule has 0 spiro atoms. The minimum Gasteiger partial charge on any atom is -0.497 e. The van der Waals surface area contributed by atoms with Gasteiger partial charge < -0.3 is 24.3 Å². The van der Waals surface area contributed by atoms with Crippen molar-refractivity contribution < 1.29 is 23.7 Å². The van der Waals surface area contributed by atoms with Crippen molar-refractivity contribution in [2.24, 2.45) is 0 Å². The van der Waals surface area contributed by atoms with Crippen LogP contribution < -0.4 is 19.5 Å². The molecule has 30 heavy (non-hydrogen) atoms. The van der Waals surface area contributed by atoms with E-state index in [1.165, 1.54) is 0 Å². The predicted molar refractivity (Wildman–Crippen MR) is 106 cm³/mol. The number of anilines is 1. The van der Waals surface area contributed by atoms with E-state index >= 15 is 0 Å². The van der Waals surface area contributed by atoms with Crippen molar-refractivity contribution in [3.63, 3.8) is 0 Å². The smallest absolute Gasteiger partial charge is 0.278 e. The standard InChI is InChI=1S/C21H20N4O5/c1-27-15-5-2-13(3-6-15)19-11-25-16(12-30-19)20(23-24-25)21(26)22-14-4-7-17-18(10-14)29-9-8-28-17/h2-7,10,19H,8-9,11-12H2,1H3,(H,22,26)/t19-/m0/s1. The zero-order chi connectivity index (χ0) is 20.5. The Kier molecular flexibility index (Phi) is 4.72. The number of ether oxygens (including phenoxy) is 4. The first-order chi connectivity index (χ1) is 14.7. The number of hydrogen-bond donors (Lipinski definition) is 1. The number of fused-ring (bicyclic) bond motifs is 2. The second-order valence-electron chi connectivity index (χ2n) is 6.95. The summed E-state index contributed by atoms with van der Waals surface area (Å²) in [5, 5.41) is 11.1. The molecule has 0 saturated heterocycles. The first-order valence-corrected chi connectivity index (χ1v) is 9.60. The van der Waals surface area contributed by atoms with Crippen LogP contribution in [0.4, 0.5) is 5.69 Å². The van der Waals surface area contributed by atoms with Crippen LogP contribution in [0.5, 0.6) is 17.2 Å². The number of benzene rings is 2. The number of aromatic nitrogens is 3. The van der Waals surface area contributed by atoms with E-state index in [0.717, 1.165) is 11.3 Å². The summed E-state index contributed by atoms with van der Waals surface area (Å²) >= 11 is 0. The fraction of sp³-hybridized carbons (Fsp3) is 0.286. The maximum absolute atomic E-state index is 12.8. The van der Waals surface area contributed by atoms with Crippen LogP contribution in [0, 0.1) is 0 Å². The maximum atomic E-state index is 12.8. The van der Waals surface area contributed by atoms with Gasteiger partial charge in [0, 0.05) is 11.8 Å². The Morgan fingerprint density at radius 2 is 1.93 bits per heavy atom. The molecule has 0 unspecified atom stereocenters. The fourth-order valence-corrected chi connectivity index (χ4v) is 3.52. The molecule has 3 heterocycles. The minimum atomic E-state index is -0.348. The van der Waals surface area contributed by atoms with Crippen molar-refractivity contribution in [2.45, 2.75) is 19.3 Å². The van der Waals surface area contributed by atoms with Gasteiger partial charge in [-0.2, -0.15) is 0 Å². The van der Waals surface area contributed by atoms with Crippen LogP contribution in [-0.2, 0) is 17.9 Å². The molecule has 5 rings (SSSR count). The molecule has 0 bridgehead atoms. The third kappa shape index (κ3) is 3.43. The predicted octanol–water partition coefficient (Wildman–Crippen LogP) is 2.58. The zero-order valence-corrected chi connectivity index (χ0v) is 16.3. The van der Waals surface area contributed by atoms with Crippen LogP contribution >= 0.6 is 0 Å². The molecule has 3 aromatic rings. The Hall–Kier alpha value is -3.59. The summed E-state index contributed by atoms with van der Waals surface area (Å²) in [6.07, 6.45) is -0.168. The highest BCUT2D eigenvalue weighted by atomic mass is 16.6. The average Bonchev–Trinajstić information content (AvgIpc) is 3.22. The van der Waals surface area contributed by atoms with Gasteiger partial charge in [-0.25, -0.2) is 4.68 Å². The summed E-state index contributed by atoms with van der Waals surface area (Å²) < 4.78 is 24.0. The summed E-state index contributed by atoms with van der Waals surface area (Å²) in [6, 6.07) is 13.0. The monoisotopic (exact) mass is 408 g/mol. The van der Waals surface area contributed by atoms with Gasteiger partial charge in [-0.05, 0) is 29.8 Å². The molecule has 154 valence electrons. The number of methoxy groups -OCH3 is 1. The Balaban J connectivity index is 1.30. The molecule has 9 heteroatoms. The lowest BCUT2D eigenvalue weighted by atomic mass is 10.1. The van der Waals surface area contributed by atoms with Crippen molar-refractivity contribution in [1.29, 1.82) is 0 Å². The lowest BCUT2D eigenvalue weighted by Gasteiger charge is -2.24. The van der Waals surface area contributed by atoms with Crippen LogP contribution in [-0.4, -0.2) is 41.2 Å². The molecule has 0 fully saturated rings. The average molecular weight is 408 g/mol. The van der Waals surface area contributed by atoms with Crippen molar-refractivity contribution in [3.8, 4) is 17.2 Å². The first kappa shape index (κ1) is 18.4. The molecule has 2 aromatic carbocycles. The molecule has 0 saturated carbocycles. The van der Waals surface area contributed by atoms with E-state index in [2.05, 4.69) is 15.6 Å². The van der Waals surface area contributed by atoms with Gasteiger partial charge in [0.05, 0.1) is 26.0 Å². The van der Waals surface area contributed by atoms with Gasteiger partial charge >= 0.3 is 0 Å². The summed E-state index contributed by atoms with van der Waals surface area (Å²) in [5.41, 5.74) is 2.51. The highest BCUT2D eigenvalue weighted by Gasteiger charge is 2.28. The quantitative estimate of drug-likeness (QED) is 0.709. The second-order valence-corrected chi connectivity index (χ2v) is 6.95. The van der Waals surface area contributed by atoms with E-state index in [9.17, 15) is 4.79 Å². The molecule has 1 N–H and O–H groups in total. The molecular formula is C21H20N4O5. The molecular weight excluding hydrogens is 388 g/mol. The van der Waals surface area contributed by atoms with E-state index in [1.54, 1.807) is 30.0 Å². The third-order valence-electron chi connectivity index (χ3n) is 5.10. The molecule has 1 amide bonds. The second kappa shape index (κ2) is 7.68. The van der Waals surface area contributed by atoms with Gasteiger partial charge in [0.15, 0.2) is 17.2 Å². The Morgan fingerprint density at radius 1 is 1.13 bits per heavy atom. The molecule has 2 aliphatic heterocycles. The molecule has 0 radical (unpaired) electrons. The number of carbonyl (C=O) groups excluding carboxylic acids is 1. The molecule has 1 aromatic heterocycles. The topological polar surface area (TPSA) is 96.7 Å². The Morgan fingerprint density at radius 3 is 2.73 bits per heavy atom. The third-order valence-corrected chi connectivity index (χ3v) is 5.10. The van der Waals surface area contributed by atoms with Gasteiger partial charge in [0.1, 0.15) is 25.1 Å². The van der Waals surface area contributed by atoms with Gasteiger partial charge in [-0.3, -0.25) is 4.79 Å². The van der Waals surface area contributed by atoms with Gasteiger partial charge in [0.2, 0.25) is 0 Å². The first-order valence-electron chi connectivity index (χ1n) is 9.60. The molecule has 9 nitrogen and oxygen atoms in total. The molecule has 1 atom stereocenters. The summed E-state index contributed by atoms with van der Waals surface area (Å²) in [7, 11) is 1.63. The van der Waals surface area contributed by atoms with Crippen molar-refractivity contribution in [1.82, 2.24) is 15.0 Å². The van der Waals surface area contributed by atoms with E-state index in [0.29, 0.717) is 42.6 Å². The van der Waals surface area contributed by atoms with Crippen LogP contribution in [0.2, 0.25) is 0 Å². The number of carbonyl (C=O) groups is 1. The van der Waals surface area contributed by atoms with E-state index < -0.39 is 0 Å². The fourth-order valence-electron chi connectivity index (χ4n) is 3.52. The van der Waals surface area contributed by atoms with Crippen LogP contribution in [0.1, 0.15) is 27.8 Å². The van der Waals surface area contributed by atoms with E-state index in [1.807, 2.05) is 24.3 Å². The minimum absolute atomic E-state index is 0.168. The van der Waals surface area contributed by atoms with Crippen LogP contribution in [0.3, 0.4) is 0 Å². The summed E-state index contributed by atoms with van der Waals surface area (Å²) in [6.45, 7) is 1.72. The van der Waals surface area contributed by atoms with E-state index in [-0.39, 0.29) is 24.3 Å². The number of hydrogen-bond acceptors (Lipinski definition) is 7. The maximum Gasteiger partial charge on any atom is 0.278 e. The lowest BCUT2D eigenvalue weighted by molar-refractivity contribution is -0.00173. The van der Waals surface area contributed by atoms with Gasteiger partial charge in [-0.15, -0.1) is 5.10 Å². The summed E-state index contributed by atoms with van der Waals surface area (Å²) in [5.74, 6) is 1.71. The highest BCUT2D eigenvalue weighted by molar-refractivity contribution is 6.03. The van der Waals surface area contributed by atoms with Gasteiger partial charge in [-0.1, -0.05) is 17.3 Å². The number of nitrogens with zero attached hydrogens (tertiary/aromatic N) is 3. The largest absolute Gasteiger partial charge is 0.497 e. The number of amides is 1. The molecule has 0 aliphatic carbocycles. The Bertz CT molecular complexity index is 1080. The number of rotatable bonds is 4. The molecule has 2 aliphatic rings. The van der Waals surface area contributed by atoms with Crippen LogP contribution in [0.15, 0.2) is 42.5 Å². The van der Waals surface area contributed by atoms with E-state index in [4.69, 9.17) is 18.9 Å². The lowest BCUT2D eigenvalue weighted by Crippen LogP contribution is -2.24. The van der Waals surface area contributed by atoms with Crippen molar-refractivity contribution in [3.05, 3.63) is 59.4 Å². The van der Waals surface area contributed by atoms with Crippen LogP contribution in [0.25, 0.3) is 0 Å². The van der Waals surface area contributed by atoms with Gasteiger partial charge in [0.25, 0.3) is 5.91 Å². The Labute approximate surface area is 172 Å².